The third kappa shape index (κ3) is 4.27. The number of fused-ring (bicyclic) bond motifs is 3. The zero-order chi connectivity index (χ0) is 23.7. The molecule has 0 aromatic heterocycles. The number of alkyl carbamates (subject to hydrolysis) is 1. The standard InChI is InChI=1S/C27H30N2O5/c30-25(29-13-12-18(15-29)26(31)32)19-11-5-6-17(19)14-28-27(33)34-16-24-22-9-3-1-7-20(22)21-8-2-4-10-23(21)24/h1-4,7-10,17-19,24H,5-6,11-16H2,(H,28,33)(H,31,32). The maximum absolute atomic E-state index is 13.0. The minimum Gasteiger partial charge on any atom is -0.481 e. The van der Waals surface area contributed by atoms with E-state index in [1.165, 1.54) is 22.3 Å². The molecule has 2 aliphatic carbocycles. The number of hydrogen-bond donors (Lipinski definition) is 2. The SMILES string of the molecule is O=C(NCC1CCCC1C(=O)N1CCC(C(=O)O)C1)OCC1c2ccccc2-c2ccccc21. The lowest BCUT2D eigenvalue weighted by Crippen LogP contribution is -2.40. The van der Waals surface area contributed by atoms with Crippen molar-refractivity contribution in [2.24, 2.45) is 17.8 Å². The van der Waals surface area contributed by atoms with Crippen LogP contribution in [0.1, 0.15) is 42.7 Å². The van der Waals surface area contributed by atoms with Crippen LogP contribution in [0.15, 0.2) is 48.5 Å². The van der Waals surface area contributed by atoms with Crippen molar-refractivity contribution in [2.75, 3.05) is 26.2 Å². The van der Waals surface area contributed by atoms with Gasteiger partial charge in [-0.3, -0.25) is 9.59 Å². The van der Waals surface area contributed by atoms with E-state index < -0.39 is 18.0 Å². The molecule has 3 unspecified atom stereocenters. The molecule has 2 aromatic rings. The van der Waals surface area contributed by atoms with E-state index >= 15 is 0 Å². The normalized spacial score (nSPS) is 23.4. The van der Waals surface area contributed by atoms with E-state index in [1.807, 2.05) is 24.3 Å². The Morgan fingerprint density at radius 3 is 2.29 bits per heavy atom. The van der Waals surface area contributed by atoms with Crippen LogP contribution in [0.2, 0.25) is 0 Å². The van der Waals surface area contributed by atoms with Crippen LogP contribution in [0.4, 0.5) is 4.79 Å². The van der Waals surface area contributed by atoms with E-state index in [0.717, 1.165) is 19.3 Å². The third-order valence-electron chi connectivity index (χ3n) is 7.68. The van der Waals surface area contributed by atoms with Crippen molar-refractivity contribution < 1.29 is 24.2 Å². The number of ether oxygens (including phenoxy) is 1. The van der Waals surface area contributed by atoms with Gasteiger partial charge in [0.05, 0.1) is 5.92 Å². The van der Waals surface area contributed by atoms with Gasteiger partial charge in [-0.25, -0.2) is 4.79 Å². The maximum atomic E-state index is 13.0. The van der Waals surface area contributed by atoms with Crippen LogP contribution < -0.4 is 5.32 Å². The second-order valence-electron chi connectivity index (χ2n) is 9.61. The summed E-state index contributed by atoms with van der Waals surface area (Å²) in [6, 6.07) is 16.4. The number of carboxylic acid groups (broad SMARTS) is 1. The summed E-state index contributed by atoms with van der Waals surface area (Å²) in [5.41, 5.74) is 4.71. The largest absolute Gasteiger partial charge is 0.481 e. The van der Waals surface area contributed by atoms with E-state index in [4.69, 9.17) is 4.74 Å². The zero-order valence-electron chi connectivity index (χ0n) is 19.1. The smallest absolute Gasteiger partial charge is 0.407 e. The van der Waals surface area contributed by atoms with E-state index in [0.29, 0.717) is 19.5 Å². The molecule has 2 amide bonds. The Morgan fingerprint density at radius 1 is 0.971 bits per heavy atom. The second kappa shape index (κ2) is 9.49. The van der Waals surface area contributed by atoms with Crippen LogP contribution in [0, 0.1) is 17.8 Å². The first-order valence-corrected chi connectivity index (χ1v) is 12.1. The van der Waals surface area contributed by atoms with Crippen LogP contribution in [-0.2, 0) is 14.3 Å². The molecule has 3 atom stereocenters. The molecule has 3 aliphatic rings. The van der Waals surface area contributed by atoms with Gasteiger partial charge in [0, 0.05) is 31.5 Å². The summed E-state index contributed by atoms with van der Waals surface area (Å²) in [6.45, 7) is 1.44. The number of hydrogen-bond acceptors (Lipinski definition) is 4. The van der Waals surface area contributed by atoms with Gasteiger partial charge in [-0.2, -0.15) is 0 Å². The van der Waals surface area contributed by atoms with Gasteiger partial charge in [0.1, 0.15) is 6.61 Å². The molecule has 5 rings (SSSR count). The van der Waals surface area contributed by atoms with Gasteiger partial charge in [-0.15, -0.1) is 0 Å². The molecule has 2 aromatic carbocycles. The summed E-state index contributed by atoms with van der Waals surface area (Å²) in [7, 11) is 0. The Kier molecular flexibility index (Phi) is 6.26. The van der Waals surface area contributed by atoms with Gasteiger partial charge < -0.3 is 20.1 Å². The van der Waals surface area contributed by atoms with Crippen LogP contribution >= 0.6 is 0 Å². The average Bonchev–Trinajstić information content (AvgIpc) is 3.59. The Morgan fingerprint density at radius 2 is 1.65 bits per heavy atom. The summed E-state index contributed by atoms with van der Waals surface area (Å²) in [6.07, 6.45) is 2.63. The highest BCUT2D eigenvalue weighted by atomic mass is 16.5. The molecule has 0 radical (unpaired) electrons. The lowest BCUT2D eigenvalue weighted by Gasteiger charge is -2.25. The predicted molar refractivity (Wildman–Crippen MR) is 126 cm³/mol. The molecule has 1 aliphatic heterocycles. The number of amides is 2. The van der Waals surface area contributed by atoms with E-state index in [2.05, 4.69) is 29.6 Å². The van der Waals surface area contributed by atoms with Gasteiger partial charge in [0.25, 0.3) is 0 Å². The number of benzene rings is 2. The van der Waals surface area contributed by atoms with Crippen LogP contribution in [0.5, 0.6) is 0 Å². The highest BCUT2D eigenvalue weighted by Crippen LogP contribution is 2.44. The molecular weight excluding hydrogens is 432 g/mol. The first-order chi connectivity index (χ1) is 16.5. The summed E-state index contributed by atoms with van der Waals surface area (Å²) in [4.78, 5) is 38.4. The monoisotopic (exact) mass is 462 g/mol. The molecule has 7 nitrogen and oxygen atoms in total. The quantitative estimate of drug-likeness (QED) is 0.679. The zero-order valence-corrected chi connectivity index (χ0v) is 19.1. The van der Waals surface area contributed by atoms with Crippen molar-refractivity contribution in [3.63, 3.8) is 0 Å². The van der Waals surface area contributed by atoms with Crippen LogP contribution in [0.3, 0.4) is 0 Å². The molecule has 178 valence electrons. The van der Waals surface area contributed by atoms with Crippen molar-refractivity contribution in [1.82, 2.24) is 10.2 Å². The van der Waals surface area contributed by atoms with Gasteiger partial charge >= 0.3 is 12.1 Å². The van der Waals surface area contributed by atoms with Gasteiger partial charge in [0.2, 0.25) is 5.91 Å². The molecule has 2 N–H and O–H groups in total. The number of carbonyl (C=O) groups is 3. The topological polar surface area (TPSA) is 95.9 Å². The molecule has 1 heterocycles. The van der Waals surface area contributed by atoms with Crippen molar-refractivity contribution in [1.29, 1.82) is 0 Å². The number of carboxylic acids is 1. The number of carbonyl (C=O) groups excluding carboxylic acids is 2. The first-order valence-electron chi connectivity index (χ1n) is 12.1. The Labute approximate surface area is 199 Å². The molecule has 34 heavy (non-hydrogen) atoms. The third-order valence-corrected chi connectivity index (χ3v) is 7.68. The first kappa shape index (κ1) is 22.4. The lowest BCUT2D eigenvalue weighted by molar-refractivity contribution is -0.141. The van der Waals surface area contributed by atoms with Crippen LogP contribution in [-0.4, -0.2) is 54.2 Å². The van der Waals surface area contributed by atoms with E-state index in [-0.39, 0.29) is 36.8 Å². The summed E-state index contributed by atoms with van der Waals surface area (Å²) < 4.78 is 5.62. The minimum absolute atomic E-state index is 0.0105. The van der Waals surface area contributed by atoms with Gasteiger partial charge in [-0.05, 0) is 47.4 Å². The minimum atomic E-state index is -0.838. The number of aliphatic carboxylic acids is 1. The fourth-order valence-corrected chi connectivity index (χ4v) is 5.87. The second-order valence-corrected chi connectivity index (χ2v) is 9.61. The summed E-state index contributed by atoms with van der Waals surface area (Å²) >= 11 is 0. The fourth-order valence-electron chi connectivity index (χ4n) is 5.87. The van der Waals surface area contributed by atoms with Crippen molar-refractivity contribution >= 4 is 18.0 Å². The Balaban J connectivity index is 1.15. The number of likely N-dealkylation sites (tertiary alicyclic amines) is 1. The fraction of sp³-hybridized carbons (Fsp3) is 0.444. The van der Waals surface area contributed by atoms with Crippen LogP contribution in [0.25, 0.3) is 11.1 Å². The Bertz CT molecular complexity index is 1050. The number of rotatable bonds is 6. The van der Waals surface area contributed by atoms with Gasteiger partial charge in [0.15, 0.2) is 0 Å². The number of nitrogens with zero attached hydrogens (tertiary/aromatic N) is 1. The molecule has 1 saturated carbocycles. The lowest BCUT2D eigenvalue weighted by atomic mass is 9.94. The highest BCUT2D eigenvalue weighted by molar-refractivity contribution is 5.81. The maximum Gasteiger partial charge on any atom is 0.407 e. The van der Waals surface area contributed by atoms with Crippen molar-refractivity contribution in [2.45, 2.75) is 31.6 Å². The average molecular weight is 463 g/mol. The molecule has 0 spiro atoms. The molecule has 1 saturated heterocycles. The van der Waals surface area contributed by atoms with Crippen molar-refractivity contribution in [3.8, 4) is 11.1 Å². The van der Waals surface area contributed by atoms with E-state index in [9.17, 15) is 19.5 Å². The molecule has 0 bridgehead atoms. The van der Waals surface area contributed by atoms with Crippen molar-refractivity contribution in [3.05, 3.63) is 59.7 Å². The molecule has 7 heteroatoms. The summed E-state index contributed by atoms with van der Waals surface area (Å²) in [5, 5.41) is 12.1. The molecule has 2 fully saturated rings. The van der Waals surface area contributed by atoms with Gasteiger partial charge in [-0.1, -0.05) is 55.0 Å². The molecular formula is C27H30N2O5. The van der Waals surface area contributed by atoms with E-state index in [1.54, 1.807) is 4.90 Å². The number of nitrogens with one attached hydrogen (secondary N) is 1. The highest BCUT2D eigenvalue weighted by Gasteiger charge is 2.39. The summed E-state index contributed by atoms with van der Waals surface area (Å²) in [5.74, 6) is -1.38. The Hall–Kier alpha value is -3.35. The predicted octanol–water partition coefficient (Wildman–Crippen LogP) is 3.87.